The maximum Gasteiger partial charge on any atom is 0.236 e. The smallest absolute Gasteiger partial charge is 0.236 e. The van der Waals surface area contributed by atoms with E-state index in [1.807, 2.05) is 37.0 Å². The van der Waals surface area contributed by atoms with E-state index >= 15 is 0 Å². The van der Waals surface area contributed by atoms with Crippen molar-refractivity contribution in [3.63, 3.8) is 0 Å². The molecule has 1 fully saturated rings. The molecule has 1 N–H and O–H groups in total. The van der Waals surface area contributed by atoms with E-state index in [0.29, 0.717) is 19.0 Å². The maximum atomic E-state index is 5.94. The molecule has 1 saturated heterocycles. The van der Waals surface area contributed by atoms with E-state index in [9.17, 15) is 0 Å². The minimum Gasteiger partial charge on any atom is -0.443 e. The number of oxazole rings is 1. The number of guanidine groups is 1. The molecule has 0 aromatic carbocycles. The van der Waals surface area contributed by atoms with Crippen molar-refractivity contribution in [3.8, 4) is 10.8 Å². The van der Waals surface area contributed by atoms with Gasteiger partial charge in [0.2, 0.25) is 5.89 Å². The number of nitrogens with one attached hydrogen (secondary N) is 1. The number of nitrogens with zero attached hydrogens (tertiary/aromatic N) is 5. The van der Waals surface area contributed by atoms with Crippen LogP contribution in [0, 0.1) is 0 Å². The fourth-order valence-corrected chi connectivity index (χ4v) is 3.78. The third kappa shape index (κ3) is 4.26. The van der Waals surface area contributed by atoms with E-state index in [1.54, 1.807) is 22.3 Å². The molecule has 4 rings (SSSR count). The molecule has 148 valence electrons. The van der Waals surface area contributed by atoms with Gasteiger partial charge in [-0.1, -0.05) is 6.07 Å². The van der Waals surface area contributed by atoms with Crippen LogP contribution in [-0.4, -0.2) is 51.9 Å². The predicted octanol–water partition coefficient (Wildman–Crippen LogP) is 2.68. The van der Waals surface area contributed by atoms with Crippen LogP contribution in [0.25, 0.3) is 10.8 Å². The summed E-state index contributed by atoms with van der Waals surface area (Å²) in [5.41, 5.74) is 1.90. The summed E-state index contributed by atoms with van der Waals surface area (Å²) in [4.78, 5) is 12.6. The van der Waals surface area contributed by atoms with Crippen LogP contribution < -0.4 is 5.32 Å². The van der Waals surface area contributed by atoms with Crippen molar-refractivity contribution in [1.82, 2.24) is 25.0 Å². The van der Waals surface area contributed by atoms with Gasteiger partial charge in [0.25, 0.3) is 0 Å². The summed E-state index contributed by atoms with van der Waals surface area (Å²) in [6.07, 6.45) is 5.53. The van der Waals surface area contributed by atoms with Crippen LogP contribution >= 0.6 is 11.3 Å². The van der Waals surface area contributed by atoms with Crippen LogP contribution in [0.2, 0.25) is 0 Å². The zero-order chi connectivity index (χ0) is 19.3. The largest absolute Gasteiger partial charge is 0.443 e. The molecule has 0 amide bonds. The Morgan fingerprint density at radius 1 is 1.46 bits per heavy atom. The zero-order valence-electron chi connectivity index (χ0n) is 16.0. The molecule has 8 nitrogen and oxygen atoms in total. The number of morpholine rings is 1. The van der Waals surface area contributed by atoms with E-state index < -0.39 is 0 Å². The number of rotatable bonds is 5. The topological polar surface area (TPSA) is 80.7 Å². The number of hydrogen-bond acceptors (Lipinski definition) is 6. The quantitative estimate of drug-likeness (QED) is 0.524. The molecule has 9 heteroatoms. The highest BCUT2D eigenvalue weighted by Gasteiger charge is 2.25. The first-order chi connectivity index (χ1) is 13.7. The fourth-order valence-electron chi connectivity index (χ4n) is 3.12. The lowest BCUT2D eigenvalue weighted by Crippen LogP contribution is -2.48. The molecule has 0 spiro atoms. The van der Waals surface area contributed by atoms with Crippen LogP contribution in [0.3, 0.4) is 0 Å². The summed E-state index contributed by atoms with van der Waals surface area (Å²) in [6, 6.07) is 3.99. The highest BCUT2D eigenvalue weighted by molar-refractivity contribution is 7.13. The number of ether oxygens (including phenoxy) is 1. The van der Waals surface area contributed by atoms with Crippen molar-refractivity contribution >= 4 is 17.3 Å². The van der Waals surface area contributed by atoms with Crippen molar-refractivity contribution in [2.75, 3.05) is 26.2 Å². The Balaban J connectivity index is 1.45. The minimum atomic E-state index is -0.0104. The summed E-state index contributed by atoms with van der Waals surface area (Å²) in [5, 5.41) is 9.64. The monoisotopic (exact) mass is 400 g/mol. The third-order valence-electron chi connectivity index (χ3n) is 4.47. The summed E-state index contributed by atoms with van der Waals surface area (Å²) in [6.45, 7) is 5.51. The van der Waals surface area contributed by atoms with Crippen LogP contribution in [0.5, 0.6) is 0 Å². The SMILES string of the molecule is CCNC(=NCc1coc(-c2cccs2)n1)N1CCOC(c2cnn(C)c2)C1. The Morgan fingerprint density at radius 3 is 3.14 bits per heavy atom. The molecule has 3 aromatic heterocycles. The lowest BCUT2D eigenvalue weighted by molar-refractivity contribution is -0.00805. The molecular formula is C19H24N6O2S. The van der Waals surface area contributed by atoms with Crippen LogP contribution in [0.15, 0.2) is 45.6 Å². The molecule has 1 aliphatic heterocycles. The molecule has 3 aromatic rings. The zero-order valence-corrected chi connectivity index (χ0v) is 16.9. The van der Waals surface area contributed by atoms with Gasteiger partial charge in [-0.3, -0.25) is 4.68 Å². The minimum absolute atomic E-state index is 0.0104. The molecule has 0 saturated carbocycles. The molecule has 1 unspecified atom stereocenters. The third-order valence-corrected chi connectivity index (χ3v) is 5.33. The number of aliphatic imine (C=N–C) groups is 1. The Bertz CT molecular complexity index is 917. The normalized spacial score (nSPS) is 17.9. The van der Waals surface area contributed by atoms with Crippen LogP contribution in [-0.2, 0) is 18.3 Å². The molecule has 0 radical (unpaired) electrons. The van der Waals surface area contributed by atoms with E-state index in [4.69, 9.17) is 14.1 Å². The van der Waals surface area contributed by atoms with Gasteiger partial charge < -0.3 is 19.4 Å². The number of aryl methyl sites for hydroxylation is 1. The summed E-state index contributed by atoms with van der Waals surface area (Å²) in [5.74, 6) is 1.51. The lowest BCUT2D eigenvalue weighted by atomic mass is 10.1. The van der Waals surface area contributed by atoms with E-state index in [-0.39, 0.29) is 6.10 Å². The Kier molecular flexibility index (Phi) is 5.73. The van der Waals surface area contributed by atoms with Gasteiger partial charge in [-0.05, 0) is 18.4 Å². The first-order valence-electron chi connectivity index (χ1n) is 9.34. The first-order valence-corrected chi connectivity index (χ1v) is 10.2. The van der Waals surface area contributed by atoms with Crippen molar-refractivity contribution in [1.29, 1.82) is 0 Å². The highest BCUT2D eigenvalue weighted by Crippen LogP contribution is 2.24. The summed E-state index contributed by atoms with van der Waals surface area (Å²) < 4.78 is 13.3. The van der Waals surface area contributed by atoms with Gasteiger partial charge in [0, 0.05) is 31.9 Å². The van der Waals surface area contributed by atoms with Gasteiger partial charge in [0.1, 0.15) is 18.1 Å². The lowest BCUT2D eigenvalue weighted by Gasteiger charge is -2.34. The number of aromatic nitrogens is 3. The van der Waals surface area contributed by atoms with Gasteiger partial charge >= 0.3 is 0 Å². The molecule has 1 aliphatic rings. The van der Waals surface area contributed by atoms with Crippen molar-refractivity contribution in [3.05, 3.63) is 47.4 Å². The van der Waals surface area contributed by atoms with Crippen molar-refractivity contribution < 1.29 is 9.15 Å². The van der Waals surface area contributed by atoms with Crippen molar-refractivity contribution in [2.24, 2.45) is 12.0 Å². The second-order valence-electron chi connectivity index (χ2n) is 6.54. The van der Waals surface area contributed by atoms with Gasteiger partial charge in [0.15, 0.2) is 5.96 Å². The number of hydrogen-bond donors (Lipinski definition) is 1. The van der Waals surface area contributed by atoms with Crippen molar-refractivity contribution in [2.45, 2.75) is 19.6 Å². The first kappa shape index (κ1) is 18.7. The highest BCUT2D eigenvalue weighted by atomic mass is 32.1. The van der Waals surface area contributed by atoms with Crippen LogP contribution in [0.4, 0.5) is 0 Å². The Hall–Kier alpha value is -2.65. The number of thiophene rings is 1. The molecule has 0 aliphatic carbocycles. The van der Waals surface area contributed by atoms with Gasteiger partial charge in [-0.2, -0.15) is 5.10 Å². The fraction of sp³-hybridized carbons (Fsp3) is 0.421. The standard InChI is InChI=1S/C19H24N6O2S/c1-3-20-19(21-10-15-13-27-18(23-15)17-5-4-8-28-17)25-6-7-26-16(12-25)14-9-22-24(2)11-14/h4-5,8-9,11,13,16H,3,6-7,10,12H2,1-2H3,(H,20,21). The van der Waals surface area contributed by atoms with E-state index in [0.717, 1.165) is 41.7 Å². The molecule has 4 heterocycles. The molecule has 28 heavy (non-hydrogen) atoms. The molecule has 0 bridgehead atoms. The van der Waals surface area contributed by atoms with Gasteiger partial charge in [-0.15, -0.1) is 11.3 Å². The Morgan fingerprint density at radius 2 is 2.39 bits per heavy atom. The van der Waals surface area contributed by atoms with Gasteiger partial charge in [0.05, 0.1) is 30.8 Å². The van der Waals surface area contributed by atoms with Crippen LogP contribution in [0.1, 0.15) is 24.3 Å². The average Bonchev–Trinajstić information content (AvgIpc) is 3.46. The van der Waals surface area contributed by atoms with E-state index in [2.05, 4.69) is 27.2 Å². The predicted molar refractivity (Wildman–Crippen MR) is 108 cm³/mol. The second kappa shape index (κ2) is 8.57. The average molecular weight is 401 g/mol. The summed E-state index contributed by atoms with van der Waals surface area (Å²) >= 11 is 1.61. The molecular weight excluding hydrogens is 376 g/mol. The second-order valence-corrected chi connectivity index (χ2v) is 7.49. The maximum absolute atomic E-state index is 5.94. The van der Waals surface area contributed by atoms with Gasteiger partial charge in [-0.25, -0.2) is 9.98 Å². The summed E-state index contributed by atoms with van der Waals surface area (Å²) in [7, 11) is 1.91. The van der Waals surface area contributed by atoms with E-state index in [1.165, 1.54) is 0 Å². The molecule has 1 atom stereocenters. The Labute approximate surface area is 167 Å².